The normalized spacial score (nSPS) is 16.6. The summed E-state index contributed by atoms with van der Waals surface area (Å²) in [7, 11) is 3.88. The summed E-state index contributed by atoms with van der Waals surface area (Å²) in [6.45, 7) is 6.87. The average molecular weight is 271 g/mol. The Morgan fingerprint density at radius 1 is 1.26 bits per heavy atom. The second-order valence-corrected chi connectivity index (χ2v) is 5.59. The molecule has 1 aliphatic rings. The van der Waals surface area contributed by atoms with Gasteiger partial charge in [0.2, 0.25) is 11.8 Å². The maximum atomic E-state index is 12.4. The van der Waals surface area contributed by atoms with E-state index in [1.165, 1.54) is 0 Å². The number of likely N-dealkylation sites (N-methyl/N-ethyl adjacent to an activating group) is 1. The summed E-state index contributed by atoms with van der Waals surface area (Å²) in [5.74, 6) is -0.344. The van der Waals surface area contributed by atoms with Gasteiger partial charge in [0.05, 0.1) is 13.2 Å². The van der Waals surface area contributed by atoms with E-state index in [9.17, 15) is 9.59 Å². The van der Waals surface area contributed by atoms with Crippen LogP contribution in [0.5, 0.6) is 0 Å². The fourth-order valence-electron chi connectivity index (χ4n) is 1.87. The highest BCUT2D eigenvalue weighted by atomic mass is 16.5. The van der Waals surface area contributed by atoms with Crippen LogP contribution >= 0.6 is 0 Å². The molecule has 1 saturated heterocycles. The summed E-state index contributed by atoms with van der Waals surface area (Å²) >= 11 is 0. The lowest BCUT2D eigenvalue weighted by Crippen LogP contribution is -2.53. The number of carbonyl (C=O) groups is 2. The van der Waals surface area contributed by atoms with Gasteiger partial charge < -0.3 is 19.9 Å². The van der Waals surface area contributed by atoms with Crippen molar-refractivity contribution in [2.24, 2.45) is 5.41 Å². The smallest absolute Gasteiger partial charge is 0.237 e. The van der Waals surface area contributed by atoms with Crippen molar-refractivity contribution in [1.29, 1.82) is 0 Å². The van der Waals surface area contributed by atoms with Crippen molar-refractivity contribution in [3.63, 3.8) is 0 Å². The number of carbonyl (C=O) groups excluding carboxylic acids is 2. The molecule has 1 N–H and O–H groups in total. The first-order valence-electron chi connectivity index (χ1n) is 6.66. The standard InChI is InChI=1S/C13H25N3O3/c1-13(2,11(17)14-5-6-15(3)4)12(18)16-7-9-19-10-8-16/h5-10H2,1-4H3,(H,14,17). The Balaban J connectivity index is 2.52. The van der Waals surface area contributed by atoms with Gasteiger partial charge in [0.1, 0.15) is 5.41 Å². The van der Waals surface area contributed by atoms with E-state index < -0.39 is 5.41 Å². The molecule has 1 fully saturated rings. The molecule has 0 aromatic heterocycles. The van der Waals surface area contributed by atoms with Gasteiger partial charge in [0.15, 0.2) is 0 Å². The van der Waals surface area contributed by atoms with Gasteiger partial charge in [-0.25, -0.2) is 0 Å². The van der Waals surface area contributed by atoms with Crippen LogP contribution in [0.4, 0.5) is 0 Å². The monoisotopic (exact) mass is 271 g/mol. The second kappa shape index (κ2) is 6.86. The number of nitrogens with zero attached hydrogens (tertiary/aromatic N) is 2. The van der Waals surface area contributed by atoms with Crippen LogP contribution in [0.2, 0.25) is 0 Å². The highest BCUT2D eigenvalue weighted by Crippen LogP contribution is 2.20. The number of nitrogens with one attached hydrogen (secondary N) is 1. The molecule has 1 rings (SSSR count). The van der Waals surface area contributed by atoms with Gasteiger partial charge in [-0.3, -0.25) is 9.59 Å². The van der Waals surface area contributed by atoms with Crippen LogP contribution < -0.4 is 5.32 Å². The van der Waals surface area contributed by atoms with Crippen molar-refractivity contribution in [1.82, 2.24) is 15.1 Å². The van der Waals surface area contributed by atoms with Gasteiger partial charge in [-0.1, -0.05) is 0 Å². The molecule has 19 heavy (non-hydrogen) atoms. The Kier molecular flexibility index (Phi) is 5.75. The number of hydrogen-bond donors (Lipinski definition) is 1. The molecule has 0 aromatic rings. The van der Waals surface area contributed by atoms with Crippen LogP contribution in [0.3, 0.4) is 0 Å². The summed E-state index contributed by atoms with van der Waals surface area (Å²) in [6.07, 6.45) is 0. The maximum absolute atomic E-state index is 12.4. The number of rotatable bonds is 5. The molecule has 2 amide bonds. The molecule has 1 heterocycles. The Morgan fingerprint density at radius 3 is 2.37 bits per heavy atom. The van der Waals surface area contributed by atoms with Gasteiger partial charge in [0.25, 0.3) is 0 Å². The van der Waals surface area contributed by atoms with Crippen LogP contribution in [0.25, 0.3) is 0 Å². The van der Waals surface area contributed by atoms with E-state index in [1.54, 1.807) is 18.7 Å². The molecule has 6 nitrogen and oxygen atoms in total. The highest BCUT2D eigenvalue weighted by Gasteiger charge is 2.39. The van der Waals surface area contributed by atoms with Crippen LogP contribution in [-0.2, 0) is 14.3 Å². The molecule has 1 aliphatic heterocycles. The van der Waals surface area contributed by atoms with E-state index in [0.717, 1.165) is 6.54 Å². The third kappa shape index (κ3) is 4.47. The predicted octanol–water partition coefficient (Wildman–Crippen LogP) is -0.451. The molecule has 6 heteroatoms. The van der Waals surface area contributed by atoms with Crippen molar-refractivity contribution in [2.45, 2.75) is 13.8 Å². The molecule has 0 unspecified atom stereocenters. The maximum Gasteiger partial charge on any atom is 0.237 e. The fraction of sp³-hybridized carbons (Fsp3) is 0.846. The first kappa shape index (κ1) is 15.9. The lowest BCUT2D eigenvalue weighted by atomic mass is 9.90. The molecule has 0 aromatic carbocycles. The third-order valence-corrected chi connectivity index (χ3v) is 3.25. The summed E-state index contributed by atoms with van der Waals surface area (Å²) in [4.78, 5) is 28.2. The number of morpholine rings is 1. The summed E-state index contributed by atoms with van der Waals surface area (Å²) in [6, 6.07) is 0. The third-order valence-electron chi connectivity index (χ3n) is 3.25. The Bertz CT molecular complexity index is 323. The van der Waals surface area contributed by atoms with E-state index in [4.69, 9.17) is 4.74 Å². The van der Waals surface area contributed by atoms with E-state index in [2.05, 4.69) is 5.32 Å². The van der Waals surface area contributed by atoms with Crippen molar-refractivity contribution >= 4 is 11.8 Å². The van der Waals surface area contributed by atoms with Gasteiger partial charge >= 0.3 is 0 Å². The molecule has 0 atom stereocenters. The quantitative estimate of drug-likeness (QED) is 0.688. The lowest BCUT2D eigenvalue weighted by molar-refractivity contribution is -0.151. The minimum atomic E-state index is -1.02. The SMILES string of the molecule is CN(C)CCNC(=O)C(C)(C)C(=O)N1CCOCC1. The van der Waals surface area contributed by atoms with E-state index in [0.29, 0.717) is 32.8 Å². The zero-order valence-corrected chi connectivity index (χ0v) is 12.4. The fourth-order valence-corrected chi connectivity index (χ4v) is 1.87. The topological polar surface area (TPSA) is 61.9 Å². The van der Waals surface area contributed by atoms with E-state index >= 15 is 0 Å². The predicted molar refractivity (Wildman–Crippen MR) is 72.7 cm³/mol. The number of ether oxygens (including phenoxy) is 1. The Morgan fingerprint density at radius 2 is 1.84 bits per heavy atom. The van der Waals surface area contributed by atoms with Gasteiger partial charge in [-0.15, -0.1) is 0 Å². The van der Waals surface area contributed by atoms with Crippen LogP contribution in [0.15, 0.2) is 0 Å². The van der Waals surface area contributed by atoms with Crippen molar-refractivity contribution in [2.75, 3.05) is 53.5 Å². The minimum Gasteiger partial charge on any atom is -0.378 e. The van der Waals surface area contributed by atoms with Crippen molar-refractivity contribution in [3.05, 3.63) is 0 Å². The Labute approximate surface area is 115 Å². The zero-order valence-electron chi connectivity index (χ0n) is 12.4. The number of hydrogen-bond acceptors (Lipinski definition) is 4. The summed E-state index contributed by atoms with van der Waals surface area (Å²) in [5.41, 5.74) is -1.02. The van der Waals surface area contributed by atoms with Gasteiger partial charge in [-0.05, 0) is 27.9 Å². The Hall–Kier alpha value is -1.14. The summed E-state index contributed by atoms with van der Waals surface area (Å²) < 4.78 is 5.21. The first-order valence-corrected chi connectivity index (χ1v) is 6.66. The second-order valence-electron chi connectivity index (χ2n) is 5.59. The van der Waals surface area contributed by atoms with Gasteiger partial charge in [-0.2, -0.15) is 0 Å². The molecule has 110 valence electrons. The summed E-state index contributed by atoms with van der Waals surface area (Å²) in [5, 5.41) is 2.81. The van der Waals surface area contributed by atoms with Crippen LogP contribution in [-0.4, -0.2) is 75.1 Å². The van der Waals surface area contributed by atoms with Crippen molar-refractivity contribution < 1.29 is 14.3 Å². The zero-order chi connectivity index (χ0) is 14.5. The highest BCUT2D eigenvalue weighted by molar-refractivity contribution is 6.04. The molecule has 0 bridgehead atoms. The van der Waals surface area contributed by atoms with E-state index in [1.807, 2.05) is 19.0 Å². The van der Waals surface area contributed by atoms with Crippen LogP contribution in [0.1, 0.15) is 13.8 Å². The minimum absolute atomic E-state index is 0.127. The van der Waals surface area contributed by atoms with Crippen LogP contribution in [0, 0.1) is 5.41 Å². The molecule has 0 radical (unpaired) electrons. The molecule has 0 aliphatic carbocycles. The molecular formula is C13H25N3O3. The lowest BCUT2D eigenvalue weighted by Gasteiger charge is -2.33. The van der Waals surface area contributed by atoms with E-state index in [-0.39, 0.29) is 11.8 Å². The number of amides is 2. The molecular weight excluding hydrogens is 246 g/mol. The molecule has 0 spiro atoms. The van der Waals surface area contributed by atoms with Crippen molar-refractivity contribution in [3.8, 4) is 0 Å². The largest absolute Gasteiger partial charge is 0.378 e. The average Bonchev–Trinajstić information content (AvgIpc) is 2.38. The van der Waals surface area contributed by atoms with Gasteiger partial charge in [0, 0.05) is 26.2 Å². The first-order chi connectivity index (χ1) is 8.85. The molecule has 0 saturated carbocycles.